The predicted molar refractivity (Wildman–Crippen MR) is 88.8 cm³/mol. The Hall–Kier alpha value is -2.10. The van der Waals surface area contributed by atoms with E-state index in [0.717, 1.165) is 30.3 Å². The summed E-state index contributed by atoms with van der Waals surface area (Å²) < 4.78 is 0. The molecule has 0 fully saturated rings. The number of anilines is 2. The Balaban J connectivity index is 2.10. The van der Waals surface area contributed by atoms with Crippen LogP contribution in [0.2, 0.25) is 0 Å². The molecule has 4 nitrogen and oxygen atoms in total. The van der Waals surface area contributed by atoms with Gasteiger partial charge in [-0.25, -0.2) is 9.97 Å². The molecule has 0 atom stereocenters. The van der Waals surface area contributed by atoms with Crippen LogP contribution in [0.4, 0.5) is 11.5 Å². The topological polar surface area (TPSA) is 41.1 Å². The van der Waals surface area contributed by atoms with Crippen LogP contribution >= 0.6 is 0 Å². The first kappa shape index (κ1) is 15.3. The van der Waals surface area contributed by atoms with Crippen molar-refractivity contribution in [2.24, 2.45) is 0 Å². The minimum absolute atomic E-state index is 0.700. The van der Waals surface area contributed by atoms with Gasteiger partial charge in [-0.3, -0.25) is 0 Å². The zero-order valence-electron chi connectivity index (χ0n) is 13.3. The molecule has 4 heteroatoms. The average molecular weight is 284 g/mol. The van der Waals surface area contributed by atoms with Crippen molar-refractivity contribution < 1.29 is 0 Å². The first-order valence-electron chi connectivity index (χ1n) is 7.44. The molecule has 0 aliphatic carbocycles. The Kier molecular flexibility index (Phi) is 5.14. The lowest BCUT2D eigenvalue weighted by Gasteiger charge is -2.19. The van der Waals surface area contributed by atoms with E-state index in [1.807, 2.05) is 13.0 Å². The molecule has 1 aromatic carbocycles. The van der Waals surface area contributed by atoms with Crippen molar-refractivity contribution >= 4 is 11.5 Å². The molecule has 1 N–H and O–H groups in total. The summed E-state index contributed by atoms with van der Waals surface area (Å²) in [7, 11) is 2.06. The van der Waals surface area contributed by atoms with Crippen molar-refractivity contribution in [3.63, 3.8) is 0 Å². The molecule has 21 heavy (non-hydrogen) atoms. The van der Waals surface area contributed by atoms with Crippen LogP contribution in [-0.2, 0) is 6.54 Å². The van der Waals surface area contributed by atoms with Crippen molar-refractivity contribution in [1.29, 1.82) is 0 Å². The molecule has 0 amide bonds. The van der Waals surface area contributed by atoms with Crippen LogP contribution in [0.15, 0.2) is 30.3 Å². The highest BCUT2D eigenvalue weighted by Crippen LogP contribution is 2.16. The molecule has 0 unspecified atom stereocenters. The summed E-state index contributed by atoms with van der Waals surface area (Å²) in [4.78, 5) is 11.3. The Morgan fingerprint density at radius 1 is 1.10 bits per heavy atom. The van der Waals surface area contributed by atoms with E-state index in [-0.39, 0.29) is 0 Å². The van der Waals surface area contributed by atoms with Crippen LogP contribution in [-0.4, -0.2) is 23.6 Å². The first-order chi connectivity index (χ1) is 10.1. The second-order valence-electron chi connectivity index (χ2n) is 5.43. The lowest BCUT2D eigenvalue weighted by molar-refractivity contribution is 0.825. The summed E-state index contributed by atoms with van der Waals surface area (Å²) in [6.45, 7) is 7.88. The monoisotopic (exact) mass is 284 g/mol. The van der Waals surface area contributed by atoms with Gasteiger partial charge in [0.1, 0.15) is 11.6 Å². The molecule has 112 valence electrons. The van der Waals surface area contributed by atoms with E-state index in [4.69, 9.17) is 0 Å². The minimum Gasteiger partial charge on any atom is -0.370 e. The average Bonchev–Trinajstić information content (AvgIpc) is 2.45. The zero-order chi connectivity index (χ0) is 15.2. The van der Waals surface area contributed by atoms with Crippen molar-refractivity contribution in [3.8, 4) is 0 Å². The van der Waals surface area contributed by atoms with E-state index in [1.54, 1.807) is 0 Å². The summed E-state index contributed by atoms with van der Waals surface area (Å²) in [6, 6.07) is 10.5. The van der Waals surface area contributed by atoms with Crippen LogP contribution in [0, 0.1) is 13.8 Å². The van der Waals surface area contributed by atoms with Crippen LogP contribution in [0.25, 0.3) is 0 Å². The van der Waals surface area contributed by atoms with Crippen molar-refractivity contribution in [1.82, 2.24) is 9.97 Å². The molecule has 0 aliphatic rings. The summed E-state index contributed by atoms with van der Waals surface area (Å²) >= 11 is 0. The Bertz CT molecular complexity index is 578. The molecular weight excluding hydrogens is 260 g/mol. The van der Waals surface area contributed by atoms with E-state index in [9.17, 15) is 0 Å². The molecule has 1 heterocycles. The molecule has 0 bridgehead atoms. The van der Waals surface area contributed by atoms with Gasteiger partial charge < -0.3 is 10.2 Å². The summed E-state index contributed by atoms with van der Waals surface area (Å²) in [6.07, 6.45) is 1.08. The third-order valence-corrected chi connectivity index (χ3v) is 3.31. The second kappa shape index (κ2) is 7.07. The zero-order valence-corrected chi connectivity index (χ0v) is 13.3. The second-order valence-corrected chi connectivity index (χ2v) is 5.43. The van der Waals surface area contributed by atoms with Crippen LogP contribution in [0.1, 0.15) is 30.4 Å². The van der Waals surface area contributed by atoms with E-state index in [1.165, 1.54) is 11.3 Å². The maximum absolute atomic E-state index is 4.59. The van der Waals surface area contributed by atoms with Gasteiger partial charge >= 0.3 is 0 Å². The fourth-order valence-electron chi connectivity index (χ4n) is 2.15. The van der Waals surface area contributed by atoms with Gasteiger partial charge in [0.25, 0.3) is 0 Å². The largest absolute Gasteiger partial charge is 0.370 e. The lowest BCUT2D eigenvalue weighted by atomic mass is 10.2. The first-order valence-corrected chi connectivity index (χ1v) is 7.44. The number of aryl methyl sites for hydroxylation is 2. The number of hydrogen-bond acceptors (Lipinski definition) is 4. The standard InChI is InChI=1S/C17H24N4/c1-5-10-18-16-11-14(3)19-17(20-16)12-21(4)15-8-6-13(2)7-9-15/h6-9,11H,5,10,12H2,1-4H3,(H,18,19,20). The predicted octanol–water partition coefficient (Wildman–Crippen LogP) is 3.55. The van der Waals surface area contributed by atoms with Crippen molar-refractivity contribution in [2.45, 2.75) is 33.7 Å². The fourth-order valence-corrected chi connectivity index (χ4v) is 2.15. The summed E-state index contributed by atoms with van der Waals surface area (Å²) in [5.74, 6) is 1.76. The molecule has 0 saturated carbocycles. The quantitative estimate of drug-likeness (QED) is 0.880. The Labute approximate surface area is 127 Å². The fraction of sp³-hybridized carbons (Fsp3) is 0.412. The van der Waals surface area contributed by atoms with Crippen LogP contribution in [0.5, 0.6) is 0 Å². The maximum atomic E-state index is 4.59. The van der Waals surface area contributed by atoms with Gasteiger partial charge in [0.2, 0.25) is 0 Å². The normalized spacial score (nSPS) is 10.5. The number of nitrogens with one attached hydrogen (secondary N) is 1. The highest BCUT2D eigenvalue weighted by atomic mass is 15.1. The Morgan fingerprint density at radius 2 is 1.81 bits per heavy atom. The van der Waals surface area contributed by atoms with Gasteiger partial charge in [-0.2, -0.15) is 0 Å². The maximum Gasteiger partial charge on any atom is 0.150 e. The van der Waals surface area contributed by atoms with Crippen LogP contribution in [0.3, 0.4) is 0 Å². The van der Waals surface area contributed by atoms with E-state index >= 15 is 0 Å². The van der Waals surface area contributed by atoms with Gasteiger partial charge in [-0.1, -0.05) is 24.6 Å². The summed E-state index contributed by atoms with van der Waals surface area (Å²) in [5.41, 5.74) is 3.44. The highest BCUT2D eigenvalue weighted by Gasteiger charge is 2.06. The molecule has 2 rings (SSSR count). The van der Waals surface area contributed by atoms with Gasteiger partial charge in [0.15, 0.2) is 0 Å². The molecule has 0 saturated heterocycles. The molecule has 0 spiro atoms. The SMILES string of the molecule is CCCNc1cc(C)nc(CN(C)c2ccc(C)cc2)n1. The summed E-state index contributed by atoms with van der Waals surface area (Å²) in [5, 5.41) is 3.33. The number of rotatable bonds is 6. The smallest absolute Gasteiger partial charge is 0.150 e. The Morgan fingerprint density at radius 3 is 2.48 bits per heavy atom. The molecule has 2 aromatic rings. The van der Waals surface area contributed by atoms with E-state index in [0.29, 0.717) is 6.54 Å². The molecular formula is C17H24N4. The molecule has 0 radical (unpaired) electrons. The van der Waals surface area contributed by atoms with E-state index < -0.39 is 0 Å². The van der Waals surface area contributed by atoms with Crippen LogP contribution < -0.4 is 10.2 Å². The van der Waals surface area contributed by atoms with Crippen molar-refractivity contribution in [3.05, 3.63) is 47.4 Å². The third-order valence-electron chi connectivity index (χ3n) is 3.31. The van der Waals surface area contributed by atoms with Gasteiger partial charge in [0.05, 0.1) is 6.54 Å². The van der Waals surface area contributed by atoms with Crippen molar-refractivity contribution in [2.75, 3.05) is 23.8 Å². The molecule has 1 aromatic heterocycles. The minimum atomic E-state index is 0.700. The molecule has 0 aliphatic heterocycles. The van der Waals surface area contributed by atoms with Gasteiger partial charge in [-0.05, 0) is 32.4 Å². The highest BCUT2D eigenvalue weighted by molar-refractivity contribution is 5.47. The number of hydrogen-bond donors (Lipinski definition) is 1. The van der Waals surface area contributed by atoms with Gasteiger partial charge in [0, 0.05) is 31.0 Å². The van der Waals surface area contributed by atoms with Gasteiger partial charge in [-0.15, -0.1) is 0 Å². The number of benzene rings is 1. The third kappa shape index (κ3) is 4.45. The number of aromatic nitrogens is 2. The lowest BCUT2D eigenvalue weighted by Crippen LogP contribution is -2.19. The number of nitrogens with zero attached hydrogens (tertiary/aromatic N) is 3. The van der Waals surface area contributed by atoms with E-state index in [2.05, 4.69) is 65.3 Å².